The Morgan fingerprint density at radius 2 is 1.91 bits per heavy atom. The number of nitrogens with zero attached hydrogens (tertiary/aromatic N) is 3. The van der Waals surface area contributed by atoms with Gasteiger partial charge >= 0.3 is 0 Å². The van der Waals surface area contributed by atoms with Crippen LogP contribution in [0.4, 0.5) is 0 Å². The molecule has 0 unspecified atom stereocenters. The Bertz CT molecular complexity index is 813. The molecule has 0 atom stereocenters. The van der Waals surface area contributed by atoms with Gasteiger partial charge in [0.2, 0.25) is 0 Å². The fraction of sp³-hybridized carbons (Fsp3) is 0.111. The molecule has 3 aromatic rings. The minimum Gasteiger partial charge on any atom is -0.330 e. The van der Waals surface area contributed by atoms with Gasteiger partial charge in [0.1, 0.15) is 5.82 Å². The van der Waals surface area contributed by atoms with E-state index in [0.717, 1.165) is 28.8 Å². The summed E-state index contributed by atoms with van der Waals surface area (Å²) in [6.45, 7) is 0.759. The van der Waals surface area contributed by atoms with Crippen molar-refractivity contribution < 1.29 is 0 Å². The van der Waals surface area contributed by atoms with E-state index in [-0.39, 0.29) is 0 Å². The van der Waals surface area contributed by atoms with Crippen LogP contribution in [0.3, 0.4) is 0 Å². The molecule has 0 bridgehead atoms. The summed E-state index contributed by atoms with van der Waals surface area (Å²) >= 11 is 3.50. The minimum atomic E-state index is 0.684. The molecule has 2 aromatic carbocycles. The van der Waals surface area contributed by atoms with Crippen molar-refractivity contribution >= 4 is 15.9 Å². The maximum atomic E-state index is 8.85. The van der Waals surface area contributed by atoms with E-state index in [1.165, 1.54) is 5.56 Å². The summed E-state index contributed by atoms with van der Waals surface area (Å²) in [5, 5.41) is 8.85. The number of halogens is 1. The predicted molar refractivity (Wildman–Crippen MR) is 89.4 cm³/mol. The highest BCUT2D eigenvalue weighted by Crippen LogP contribution is 2.15. The summed E-state index contributed by atoms with van der Waals surface area (Å²) in [5.74, 6) is 1.03. The van der Waals surface area contributed by atoms with Crippen molar-refractivity contribution in [1.29, 1.82) is 5.26 Å². The molecule has 0 fully saturated rings. The van der Waals surface area contributed by atoms with Crippen LogP contribution in [-0.4, -0.2) is 9.55 Å². The summed E-state index contributed by atoms with van der Waals surface area (Å²) < 4.78 is 3.22. The van der Waals surface area contributed by atoms with E-state index in [9.17, 15) is 0 Å². The molecule has 0 saturated carbocycles. The van der Waals surface area contributed by atoms with Gasteiger partial charge in [-0.3, -0.25) is 0 Å². The largest absolute Gasteiger partial charge is 0.330 e. The molecule has 4 heteroatoms. The Morgan fingerprint density at radius 1 is 1.09 bits per heavy atom. The van der Waals surface area contributed by atoms with Crippen LogP contribution in [0.15, 0.2) is 65.4 Å². The lowest BCUT2D eigenvalue weighted by Crippen LogP contribution is -2.05. The van der Waals surface area contributed by atoms with Gasteiger partial charge in [-0.05, 0) is 35.4 Å². The van der Waals surface area contributed by atoms with Crippen molar-refractivity contribution in [3.8, 4) is 6.07 Å². The lowest BCUT2D eigenvalue weighted by atomic mass is 10.1. The van der Waals surface area contributed by atoms with E-state index >= 15 is 0 Å². The van der Waals surface area contributed by atoms with Gasteiger partial charge in [0.15, 0.2) is 0 Å². The van der Waals surface area contributed by atoms with E-state index < -0.39 is 0 Å². The number of imidazole rings is 1. The monoisotopic (exact) mass is 351 g/mol. The first-order valence-electron chi connectivity index (χ1n) is 6.98. The summed E-state index contributed by atoms with van der Waals surface area (Å²) in [6.07, 6.45) is 4.62. The molecule has 0 saturated heterocycles. The molecular formula is C18H14BrN3. The third-order valence-electron chi connectivity index (χ3n) is 3.49. The van der Waals surface area contributed by atoms with E-state index in [0.29, 0.717) is 5.56 Å². The van der Waals surface area contributed by atoms with Crippen molar-refractivity contribution in [2.45, 2.75) is 13.0 Å². The average molecular weight is 352 g/mol. The SMILES string of the molecule is N#Cc1ccc(Cn2ccnc2Cc2cccc(Br)c2)cc1. The number of hydrogen-bond donors (Lipinski definition) is 0. The van der Waals surface area contributed by atoms with Crippen LogP contribution < -0.4 is 0 Å². The summed E-state index contributed by atoms with van der Waals surface area (Å²) in [4.78, 5) is 4.47. The first kappa shape index (κ1) is 14.6. The number of rotatable bonds is 4. The third kappa shape index (κ3) is 3.44. The van der Waals surface area contributed by atoms with Crippen molar-refractivity contribution in [3.63, 3.8) is 0 Å². The predicted octanol–water partition coefficient (Wildman–Crippen LogP) is 4.16. The van der Waals surface area contributed by atoms with Crippen LogP contribution in [0.1, 0.15) is 22.5 Å². The van der Waals surface area contributed by atoms with Crippen LogP contribution in [0.2, 0.25) is 0 Å². The molecule has 22 heavy (non-hydrogen) atoms. The lowest BCUT2D eigenvalue weighted by molar-refractivity contribution is 0.740. The molecule has 0 N–H and O–H groups in total. The Hall–Kier alpha value is -2.38. The number of hydrogen-bond acceptors (Lipinski definition) is 2. The maximum Gasteiger partial charge on any atom is 0.113 e. The van der Waals surface area contributed by atoms with E-state index in [1.54, 1.807) is 0 Å². The molecule has 0 spiro atoms. The maximum absolute atomic E-state index is 8.85. The summed E-state index contributed by atoms with van der Waals surface area (Å²) in [6, 6.07) is 18.1. The minimum absolute atomic E-state index is 0.684. The zero-order chi connectivity index (χ0) is 15.4. The first-order valence-corrected chi connectivity index (χ1v) is 7.77. The molecule has 0 radical (unpaired) electrons. The highest BCUT2D eigenvalue weighted by Gasteiger charge is 2.05. The van der Waals surface area contributed by atoms with Crippen LogP contribution >= 0.6 is 15.9 Å². The molecule has 0 aliphatic heterocycles. The standard InChI is InChI=1S/C18H14BrN3/c19-17-3-1-2-16(10-17)11-18-21-8-9-22(18)13-15-6-4-14(12-20)5-7-15/h1-10H,11,13H2. The highest BCUT2D eigenvalue weighted by molar-refractivity contribution is 9.10. The zero-order valence-electron chi connectivity index (χ0n) is 11.9. The van der Waals surface area contributed by atoms with Crippen LogP contribution in [0, 0.1) is 11.3 Å². The van der Waals surface area contributed by atoms with Crippen LogP contribution in [-0.2, 0) is 13.0 Å². The molecule has 0 aliphatic carbocycles. The van der Waals surface area contributed by atoms with E-state index in [4.69, 9.17) is 5.26 Å². The Balaban J connectivity index is 1.78. The van der Waals surface area contributed by atoms with Gasteiger partial charge in [-0.15, -0.1) is 0 Å². The second-order valence-corrected chi connectivity index (χ2v) is 6.00. The number of nitriles is 1. The fourth-order valence-electron chi connectivity index (χ4n) is 2.36. The van der Waals surface area contributed by atoms with Crippen molar-refractivity contribution in [3.05, 3.63) is 87.9 Å². The van der Waals surface area contributed by atoms with Crippen LogP contribution in [0.25, 0.3) is 0 Å². The average Bonchev–Trinajstić information content (AvgIpc) is 2.95. The molecule has 1 aromatic heterocycles. The molecule has 3 nitrogen and oxygen atoms in total. The van der Waals surface area contributed by atoms with Crippen molar-refractivity contribution in [1.82, 2.24) is 9.55 Å². The molecule has 0 amide bonds. The Labute approximate surface area is 138 Å². The van der Waals surface area contributed by atoms with E-state index in [2.05, 4.69) is 43.7 Å². The van der Waals surface area contributed by atoms with Gasteiger partial charge in [-0.1, -0.05) is 40.2 Å². The quantitative estimate of drug-likeness (QED) is 0.708. The van der Waals surface area contributed by atoms with Crippen molar-refractivity contribution in [2.75, 3.05) is 0 Å². The van der Waals surface area contributed by atoms with Gasteiger partial charge in [-0.25, -0.2) is 4.98 Å². The van der Waals surface area contributed by atoms with Crippen molar-refractivity contribution in [2.24, 2.45) is 0 Å². The normalized spacial score (nSPS) is 10.4. The molecule has 1 heterocycles. The van der Waals surface area contributed by atoms with Gasteiger partial charge < -0.3 is 4.57 Å². The highest BCUT2D eigenvalue weighted by atomic mass is 79.9. The zero-order valence-corrected chi connectivity index (χ0v) is 13.5. The molecular weight excluding hydrogens is 338 g/mol. The van der Waals surface area contributed by atoms with Crippen LogP contribution in [0.5, 0.6) is 0 Å². The number of benzene rings is 2. The van der Waals surface area contributed by atoms with E-state index in [1.807, 2.05) is 48.8 Å². The smallest absolute Gasteiger partial charge is 0.113 e. The fourth-order valence-corrected chi connectivity index (χ4v) is 2.81. The third-order valence-corrected chi connectivity index (χ3v) is 3.98. The van der Waals surface area contributed by atoms with Gasteiger partial charge in [-0.2, -0.15) is 5.26 Å². The Kier molecular flexibility index (Phi) is 4.36. The second-order valence-electron chi connectivity index (χ2n) is 5.09. The van der Waals surface area contributed by atoms with Gasteiger partial charge in [0.25, 0.3) is 0 Å². The lowest BCUT2D eigenvalue weighted by Gasteiger charge is -2.08. The Morgan fingerprint density at radius 3 is 2.64 bits per heavy atom. The molecule has 0 aliphatic rings. The first-order chi connectivity index (χ1) is 10.7. The number of aromatic nitrogens is 2. The van der Waals surface area contributed by atoms with Gasteiger partial charge in [0, 0.05) is 29.8 Å². The van der Waals surface area contributed by atoms with Gasteiger partial charge in [0.05, 0.1) is 11.6 Å². The summed E-state index contributed by atoms with van der Waals surface area (Å²) in [5.41, 5.74) is 3.07. The topological polar surface area (TPSA) is 41.6 Å². The summed E-state index contributed by atoms with van der Waals surface area (Å²) in [7, 11) is 0. The molecule has 3 rings (SSSR count). The molecule has 108 valence electrons. The second kappa shape index (κ2) is 6.59.